The number of H-pyrrole nitrogens is 1. The Morgan fingerprint density at radius 1 is 1.55 bits per heavy atom. The Morgan fingerprint density at radius 2 is 2.45 bits per heavy atom. The van der Waals surface area contributed by atoms with Crippen LogP contribution in [0.25, 0.3) is 10.4 Å². The van der Waals surface area contributed by atoms with Crippen LogP contribution in [-0.4, -0.2) is 10.2 Å². The summed E-state index contributed by atoms with van der Waals surface area (Å²) < 4.78 is 0. The predicted octanol–water partition coefficient (Wildman–Crippen LogP) is 2.79. The van der Waals surface area contributed by atoms with Gasteiger partial charge in [0.05, 0.1) is 16.1 Å². The number of hydrogen-bond donors (Lipinski definition) is 1. The van der Waals surface area contributed by atoms with Crippen LogP contribution in [-0.2, 0) is 0 Å². The summed E-state index contributed by atoms with van der Waals surface area (Å²) in [4.78, 5) is 1.07. The fourth-order valence-electron chi connectivity index (χ4n) is 0.875. The van der Waals surface area contributed by atoms with Crippen LogP contribution in [0.4, 0.5) is 0 Å². The fraction of sp³-hybridized carbons (Fsp3) is 0. The fourth-order valence-corrected chi connectivity index (χ4v) is 2.02. The molecule has 0 aliphatic heterocycles. The molecule has 0 bridgehead atoms. The minimum atomic E-state index is 0.788. The van der Waals surface area contributed by atoms with Gasteiger partial charge in [0.2, 0.25) is 0 Å². The Hall–Kier alpha value is -0.800. The number of halogens is 1. The van der Waals surface area contributed by atoms with Crippen LogP contribution in [0, 0.1) is 0 Å². The van der Waals surface area contributed by atoms with E-state index in [1.54, 1.807) is 17.5 Å². The van der Waals surface area contributed by atoms with E-state index >= 15 is 0 Å². The molecule has 56 valence electrons. The molecule has 0 saturated heterocycles. The molecule has 0 radical (unpaired) electrons. The minimum Gasteiger partial charge on any atom is -0.285 e. The van der Waals surface area contributed by atoms with E-state index in [1.807, 2.05) is 17.6 Å². The summed E-state index contributed by atoms with van der Waals surface area (Å²) >= 11 is 7.52. The lowest BCUT2D eigenvalue weighted by Gasteiger charge is -1.88. The van der Waals surface area contributed by atoms with Crippen molar-refractivity contribution in [1.82, 2.24) is 10.2 Å². The number of nitrogens with zero attached hydrogens (tertiary/aromatic N) is 1. The van der Waals surface area contributed by atoms with Gasteiger partial charge in [-0.05, 0) is 11.4 Å². The molecular weight excluding hydrogens is 180 g/mol. The van der Waals surface area contributed by atoms with Crippen molar-refractivity contribution in [2.75, 3.05) is 0 Å². The van der Waals surface area contributed by atoms with Crippen LogP contribution in [0.1, 0.15) is 0 Å². The third kappa shape index (κ3) is 1.17. The van der Waals surface area contributed by atoms with Crippen LogP contribution in [0.15, 0.2) is 23.8 Å². The molecule has 2 rings (SSSR count). The predicted molar refractivity (Wildman–Crippen MR) is 46.9 cm³/mol. The first-order chi connectivity index (χ1) is 5.38. The summed E-state index contributed by atoms with van der Waals surface area (Å²) in [6, 6.07) is 1.88. The first-order valence-corrected chi connectivity index (χ1v) is 4.36. The monoisotopic (exact) mass is 184 g/mol. The highest BCUT2D eigenvalue weighted by Gasteiger charge is 2.04. The van der Waals surface area contributed by atoms with Crippen LogP contribution in [0.2, 0.25) is 5.02 Å². The highest BCUT2D eigenvalue weighted by atomic mass is 35.5. The van der Waals surface area contributed by atoms with Crippen LogP contribution < -0.4 is 0 Å². The average molecular weight is 185 g/mol. The number of rotatable bonds is 1. The third-order valence-electron chi connectivity index (χ3n) is 1.38. The van der Waals surface area contributed by atoms with E-state index in [1.165, 1.54) is 0 Å². The van der Waals surface area contributed by atoms with Crippen molar-refractivity contribution < 1.29 is 0 Å². The molecule has 1 N–H and O–H groups in total. The molecule has 0 unspecified atom stereocenters. The van der Waals surface area contributed by atoms with Gasteiger partial charge in [-0.25, -0.2) is 0 Å². The van der Waals surface area contributed by atoms with E-state index in [2.05, 4.69) is 10.2 Å². The van der Waals surface area contributed by atoms with E-state index < -0.39 is 0 Å². The standard InChI is InChI=1S/C7H5ClN2S/c8-6-1-2-11-7(6)5-3-9-10-4-5/h1-4H,(H,9,10). The lowest BCUT2D eigenvalue weighted by atomic mass is 10.3. The maximum atomic E-state index is 5.90. The molecular formula is C7H5ClN2S. The molecule has 2 heterocycles. The lowest BCUT2D eigenvalue weighted by Crippen LogP contribution is -1.63. The molecule has 0 aliphatic carbocycles. The second kappa shape index (κ2) is 2.68. The molecule has 11 heavy (non-hydrogen) atoms. The van der Waals surface area contributed by atoms with Gasteiger partial charge < -0.3 is 0 Å². The van der Waals surface area contributed by atoms with Gasteiger partial charge in [-0.2, -0.15) is 5.10 Å². The largest absolute Gasteiger partial charge is 0.285 e. The first-order valence-electron chi connectivity index (χ1n) is 3.10. The highest BCUT2D eigenvalue weighted by Crippen LogP contribution is 2.31. The summed E-state index contributed by atoms with van der Waals surface area (Å²) in [7, 11) is 0. The number of nitrogens with one attached hydrogen (secondary N) is 1. The Morgan fingerprint density at radius 3 is 3.00 bits per heavy atom. The van der Waals surface area contributed by atoms with Crippen LogP contribution in [0.3, 0.4) is 0 Å². The van der Waals surface area contributed by atoms with E-state index in [4.69, 9.17) is 11.6 Å². The molecule has 0 fully saturated rings. The van der Waals surface area contributed by atoms with Gasteiger partial charge in [0.1, 0.15) is 0 Å². The summed E-state index contributed by atoms with van der Waals surface area (Å²) in [5, 5.41) is 9.34. The molecule has 0 aromatic carbocycles. The van der Waals surface area contributed by atoms with E-state index in [0.717, 1.165) is 15.5 Å². The average Bonchev–Trinajstić information content (AvgIpc) is 2.55. The highest BCUT2D eigenvalue weighted by molar-refractivity contribution is 7.14. The number of aromatic nitrogens is 2. The maximum Gasteiger partial charge on any atom is 0.0593 e. The maximum absolute atomic E-state index is 5.90. The minimum absolute atomic E-state index is 0.788. The quantitative estimate of drug-likeness (QED) is 0.726. The molecule has 4 heteroatoms. The summed E-state index contributed by atoms with van der Waals surface area (Å²) in [5.74, 6) is 0. The molecule has 2 nitrogen and oxygen atoms in total. The Kier molecular flexibility index (Phi) is 1.68. The zero-order valence-electron chi connectivity index (χ0n) is 5.54. The zero-order chi connectivity index (χ0) is 7.68. The van der Waals surface area contributed by atoms with Crippen molar-refractivity contribution in [2.24, 2.45) is 0 Å². The number of hydrogen-bond acceptors (Lipinski definition) is 2. The van der Waals surface area contributed by atoms with Crippen molar-refractivity contribution >= 4 is 22.9 Å². The van der Waals surface area contributed by atoms with Gasteiger partial charge in [-0.15, -0.1) is 11.3 Å². The normalized spacial score (nSPS) is 10.3. The molecule has 2 aromatic heterocycles. The summed E-state index contributed by atoms with van der Waals surface area (Å²) in [6.45, 7) is 0. The van der Waals surface area contributed by atoms with Crippen LogP contribution >= 0.6 is 22.9 Å². The molecule has 0 saturated carbocycles. The molecule has 0 spiro atoms. The van der Waals surface area contributed by atoms with Gasteiger partial charge in [0.25, 0.3) is 0 Å². The van der Waals surface area contributed by atoms with Gasteiger partial charge in [0.15, 0.2) is 0 Å². The molecule has 0 atom stereocenters. The van der Waals surface area contributed by atoms with Crippen molar-refractivity contribution in [1.29, 1.82) is 0 Å². The molecule has 2 aromatic rings. The summed E-state index contributed by atoms with van der Waals surface area (Å²) in [6.07, 6.45) is 3.59. The second-order valence-corrected chi connectivity index (χ2v) is 3.41. The Labute approximate surface area is 72.8 Å². The van der Waals surface area contributed by atoms with E-state index in [0.29, 0.717) is 0 Å². The Balaban J connectivity index is 2.53. The SMILES string of the molecule is Clc1ccsc1-c1cn[nH]c1. The van der Waals surface area contributed by atoms with E-state index in [-0.39, 0.29) is 0 Å². The van der Waals surface area contributed by atoms with Crippen LogP contribution in [0.5, 0.6) is 0 Å². The van der Waals surface area contributed by atoms with E-state index in [9.17, 15) is 0 Å². The zero-order valence-corrected chi connectivity index (χ0v) is 7.12. The van der Waals surface area contributed by atoms with Gasteiger partial charge in [0, 0.05) is 11.8 Å². The number of aromatic amines is 1. The van der Waals surface area contributed by atoms with Gasteiger partial charge in [-0.1, -0.05) is 11.6 Å². The van der Waals surface area contributed by atoms with Gasteiger partial charge >= 0.3 is 0 Å². The van der Waals surface area contributed by atoms with Gasteiger partial charge in [-0.3, -0.25) is 5.10 Å². The van der Waals surface area contributed by atoms with Crippen molar-refractivity contribution in [3.63, 3.8) is 0 Å². The molecule has 0 amide bonds. The first kappa shape index (κ1) is 6.88. The lowest BCUT2D eigenvalue weighted by molar-refractivity contribution is 1.09. The second-order valence-electron chi connectivity index (χ2n) is 2.08. The van der Waals surface area contributed by atoms with Crippen molar-refractivity contribution in [2.45, 2.75) is 0 Å². The van der Waals surface area contributed by atoms with Crippen molar-refractivity contribution in [3.05, 3.63) is 28.9 Å². The smallest absolute Gasteiger partial charge is 0.0593 e. The Bertz CT molecular complexity index is 339. The number of thiophene rings is 1. The topological polar surface area (TPSA) is 28.7 Å². The summed E-state index contributed by atoms with van der Waals surface area (Å²) in [5.41, 5.74) is 1.05. The third-order valence-corrected chi connectivity index (χ3v) is 2.77. The molecule has 0 aliphatic rings. The van der Waals surface area contributed by atoms with Crippen molar-refractivity contribution in [3.8, 4) is 10.4 Å².